The highest BCUT2D eigenvalue weighted by Gasteiger charge is 2.07. The average molecular weight is 375 g/mol. The summed E-state index contributed by atoms with van der Waals surface area (Å²) in [6.07, 6.45) is 14.6. The summed E-state index contributed by atoms with van der Waals surface area (Å²) in [7, 11) is -3.33. The zero-order valence-corrected chi connectivity index (χ0v) is 18.3. The third-order valence-corrected chi connectivity index (χ3v) is 5.42. The molecule has 0 rings (SSSR count). The lowest BCUT2D eigenvalue weighted by molar-refractivity contribution is 0.360. The van der Waals surface area contributed by atoms with Gasteiger partial charge >= 0.3 is 0 Å². The summed E-state index contributed by atoms with van der Waals surface area (Å²) < 4.78 is 26.5. The van der Waals surface area contributed by atoms with Crippen molar-refractivity contribution >= 4 is 10.1 Å². The van der Waals surface area contributed by atoms with Gasteiger partial charge in [0.15, 0.2) is 0 Å². The van der Waals surface area contributed by atoms with Crippen LogP contribution in [0.3, 0.4) is 0 Å². The molecule has 0 aliphatic rings. The van der Waals surface area contributed by atoms with Crippen molar-refractivity contribution in [3.8, 4) is 0 Å². The first-order valence-electron chi connectivity index (χ1n) is 10.1. The first kappa shape index (κ1) is 24.7. The predicted octanol–water partition coefficient (Wildman–Crippen LogP) is 6.35. The van der Waals surface area contributed by atoms with Crippen molar-refractivity contribution in [1.82, 2.24) is 0 Å². The fourth-order valence-electron chi connectivity index (χ4n) is 3.11. The third-order valence-electron chi connectivity index (χ3n) is 4.85. The van der Waals surface area contributed by atoms with E-state index in [0.29, 0.717) is 0 Å². The Bertz CT molecular complexity index is 452. The Morgan fingerprint density at radius 2 is 1.36 bits per heavy atom. The van der Waals surface area contributed by atoms with Gasteiger partial charge in [0.1, 0.15) is 0 Å². The smallest absolute Gasteiger partial charge is 0.264 e. The van der Waals surface area contributed by atoms with E-state index in [0.717, 1.165) is 30.4 Å². The number of rotatable bonds is 15. The molecule has 3 nitrogen and oxygen atoms in total. The topological polar surface area (TPSA) is 43.4 Å². The minimum Gasteiger partial charge on any atom is -0.266 e. The molecular formula is C21H42O3S. The van der Waals surface area contributed by atoms with E-state index in [9.17, 15) is 8.42 Å². The van der Waals surface area contributed by atoms with E-state index in [4.69, 9.17) is 4.18 Å². The van der Waals surface area contributed by atoms with E-state index >= 15 is 0 Å². The number of allylic oxidation sites excluding steroid dienone is 1. The fraction of sp³-hybridized carbons (Fsp3) is 0.905. The summed E-state index contributed by atoms with van der Waals surface area (Å²) in [6, 6.07) is 0. The molecule has 0 aromatic rings. The second-order valence-electron chi connectivity index (χ2n) is 8.40. The summed E-state index contributed by atoms with van der Waals surface area (Å²) in [6.45, 7) is 11.6. The Balaban J connectivity index is 3.69. The third kappa shape index (κ3) is 18.2. The van der Waals surface area contributed by atoms with E-state index in [2.05, 4.69) is 34.6 Å². The van der Waals surface area contributed by atoms with Crippen LogP contribution in [0.1, 0.15) is 92.4 Å². The molecule has 4 heteroatoms. The maximum absolute atomic E-state index is 10.9. The molecular weight excluding hydrogens is 332 g/mol. The molecule has 0 unspecified atom stereocenters. The lowest BCUT2D eigenvalue weighted by Crippen LogP contribution is -2.02. The second kappa shape index (κ2) is 13.8. The second-order valence-corrected chi connectivity index (χ2v) is 10.0. The van der Waals surface area contributed by atoms with Crippen LogP contribution < -0.4 is 0 Å². The molecule has 0 bridgehead atoms. The highest BCUT2D eigenvalue weighted by atomic mass is 32.2. The van der Waals surface area contributed by atoms with Gasteiger partial charge < -0.3 is 0 Å². The first-order valence-corrected chi connectivity index (χ1v) is 11.9. The largest absolute Gasteiger partial charge is 0.266 e. The van der Waals surface area contributed by atoms with Gasteiger partial charge in [-0.1, -0.05) is 84.3 Å². The van der Waals surface area contributed by atoms with Gasteiger partial charge in [0, 0.05) is 0 Å². The van der Waals surface area contributed by atoms with Crippen LogP contribution in [0.4, 0.5) is 0 Å². The highest BCUT2D eigenvalue weighted by Crippen LogP contribution is 2.22. The van der Waals surface area contributed by atoms with E-state index in [-0.39, 0.29) is 6.61 Å². The summed E-state index contributed by atoms with van der Waals surface area (Å²) in [5, 5.41) is 0. The number of hydrogen-bond donors (Lipinski definition) is 0. The molecule has 0 saturated heterocycles. The normalized spacial score (nSPS) is 15.6. The Hall–Kier alpha value is -0.350. The van der Waals surface area contributed by atoms with Gasteiger partial charge in [-0.05, 0) is 37.5 Å². The highest BCUT2D eigenvalue weighted by molar-refractivity contribution is 7.85. The van der Waals surface area contributed by atoms with Gasteiger partial charge in [0.05, 0.1) is 12.9 Å². The zero-order valence-electron chi connectivity index (χ0n) is 17.5. The van der Waals surface area contributed by atoms with E-state index in [1.807, 2.05) is 6.08 Å². The van der Waals surface area contributed by atoms with Gasteiger partial charge in [-0.3, -0.25) is 4.18 Å². The van der Waals surface area contributed by atoms with Crippen LogP contribution in [0.5, 0.6) is 0 Å². The minimum absolute atomic E-state index is 0.162. The van der Waals surface area contributed by atoms with E-state index < -0.39 is 10.1 Å². The summed E-state index contributed by atoms with van der Waals surface area (Å²) in [5.74, 6) is 2.48. The number of hydrogen-bond acceptors (Lipinski definition) is 3. The van der Waals surface area contributed by atoms with Crippen molar-refractivity contribution in [3.63, 3.8) is 0 Å². The van der Waals surface area contributed by atoms with Crippen LogP contribution in [-0.4, -0.2) is 21.3 Å². The van der Waals surface area contributed by atoms with Crippen LogP contribution in [0.2, 0.25) is 0 Å². The lowest BCUT2D eigenvalue weighted by atomic mass is 9.91. The van der Waals surface area contributed by atoms with Gasteiger partial charge in [0.25, 0.3) is 10.1 Å². The molecule has 0 heterocycles. The quantitative estimate of drug-likeness (QED) is 0.248. The van der Waals surface area contributed by atoms with Crippen LogP contribution in [0.25, 0.3) is 0 Å². The van der Waals surface area contributed by atoms with Crippen molar-refractivity contribution in [3.05, 3.63) is 11.6 Å². The van der Waals surface area contributed by atoms with Crippen molar-refractivity contribution in [1.29, 1.82) is 0 Å². The molecule has 25 heavy (non-hydrogen) atoms. The first-order chi connectivity index (χ1) is 11.6. The maximum Gasteiger partial charge on any atom is 0.264 e. The van der Waals surface area contributed by atoms with E-state index in [1.165, 1.54) is 56.9 Å². The molecule has 0 aromatic heterocycles. The van der Waals surface area contributed by atoms with Gasteiger partial charge in [0.2, 0.25) is 0 Å². The van der Waals surface area contributed by atoms with Crippen LogP contribution >= 0.6 is 0 Å². The van der Waals surface area contributed by atoms with Crippen molar-refractivity contribution in [2.45, 2.75) is 92.4 Å². The molecule has 0 fully saturated rings. The molecule has 0 radical (unpaired) electrons. The molecule has 0 aromatic carbocycles. The molecule has 150 valence electrons. The zero-order chi connectivity index (χ0) is 19.3. The Morgan fingerprint density at radius 1 is 0.880 bits per heavy atom. The Kier molecular flexibility index (Phi) is 13.6. The average Bonchev–Trinajstić information content (AvgIpc) is 2.45. The molecule has 0 aliphatic carbocycles. The van der Waals surface area contributed by atoms with Crippen molar-refractivity contribution < 1.29 is 12.6 Å². The Morgan fingerprint density at radius 3 is 1.84 bits per heavy atom. The van der Waals surface area contributed by atoms with E-state index in [1.54, 1.807) is 0 Å². The predicted molar refractivity (Wildman–Crippen MR) is 109 cm³/mol. The van der Waals surface area contributed by atoms with Crippen LogP contribution in [-0.2, 0) is 14.3 Å². The summed E-state index contributed by atoms with van der Waals surface area (Å²) >= 11 is 0. The van der Waals surface area contributed by atoms with Gasteiger partial charge in [-0.15, -0.1) is 0 Å². The molecule has 0 spiro atoms. The van der Waals surface area contributed by atoms with Crippen molar-refractivity contribution in [2.75, 3.05) is 12.9 Å². The standard InChI is InChI=1S/C21H42O3S/c1-18(2)10-7-11-19(3)12-8-13-20(4)14-9-15-21(5)16-17-24-25(6,22)23/h16,18-20H,7-15,17H2,1-6H3/b21-16+/t19-,20-/m1/s1. The molecule has 0 amide bonds. The van der Waals surface area contributed by atoms with Crippen LogP contribution in [0, 0.1) is 17.8 Å². The monoisotopic (exact) mass is 374 g/mol. The van der Waals surface area contributed by atoms with Crippen molar-refractivity contribution in [2.24, 2.45) is 17.8 Å². The SMILES string of the molecule is C/C(=C\COS(C)(=O)=O)CCC[C@H](C)CCC[C@H](C)CCCC(C)C. The van der Waals surface area contributed by atoms with Crippen LogP contribution in [0.15, 0.2) is 11.6 Å². The fourth-order valence-corrected chi connectivity index (χ4v) is 3.42. The lowest BCUT2D eigenvalue weighted by Gasteiger charge is -2.15. The molecule has 0 saturated carbocycles. The molecule has 0 aliphatic heterocycles. The summed E-state index contributed by atoms with van der Waals surface area (Å²) in [4.78, 5) is 0. The summed E-state index contributed by atoms with van der Waals surface area (Å²) in [5.41, 5.74) is 1.22. The van der Waals surface area contributed by atoms with Gasteiger partial charge in [-0.25, -0.2) is 0 Å². The Labute approximate surface area is 157 Å². The molecule has 2 atom stereocenters. The van der Waals surface area contributed by atoms with Gasteiger partial charge in [-0.2, -0.15) is 8.42 Å². The molecule has 0 N–H and O–H groups in total. The maximum atomic E-state index is 10.9. The minimum atomic E-state index is -3.33.